The molecule has 8 N–H and O–H groups in total. The third-order valence-electron chi connectivity index (χ3n) is 5.93. The van der Waals surface area contributed by atoms with Crippen LogP contribution in [0.1, 0.15) is 30.5 Å². The number of rotatable bonds is 12. The van der Waals surface area contributed by atoms with Crippen molar-refractivity contribution in [1.29, 1.82) is 5.41 Å². The Morgan fingerprint density at radius 2 is 1.80 bits per heavy atom. The molecule has 0 aliphatic rings. The largest absolute Gasteiger partial charge is 0.394 e. The topological polar surface area (TPSA) is 156 Å². The molecule has 3 aromatic rings. The van der Waals surface area contributed by atoms with Gasteiger partial charge in [-0.2, -0.15) is 0 Å². The van der Waals surface area contributed by atoms with Crippen LogP contribution in [0.25, 0.3) is 10.9 Å². The maximum absolute atomic E-state index is 12.8. The number of amidine groups is 1. The van der Waals surface area contributed by atoms with E-state index in [1.54, 1.807) is 24.3 Å². The number of carbonyl (C=O) groups excluding carboxylic acids is 2. The average molecular weight is 479 g/mol. The van der Waals surface area contributed by atoms with Gasteiger partial charge in [0.2, 0.25) is 11.8 Å². The van der Waals surface area contributed by atoms with E-state index in [-0.39, 0.29) is 17.7 Å². The number of fused-ring (bicyclic) bond motifs is 1. The average Bonchev–Trinajstić information content (AvgIpc) is 3.26. The van der Waals surface area contributed by atoms with Gasteiger partial charge >= 0.3 is 0 Å². The molecule has 0 fully saturated rings. The van der Waals surface area contributed by atoms with Crippen molar-refractivity contribution in [3.05, 3.63) is 71.4 Å². The van der Waals surface area contributed by atoms with E-state index in [1.165, 1.54) is 0 Å². The van der Waals surface area contributed by atoms with Gasteiger partial charge in [-0.1, -0.05) is 56.3 Å². The van der Waals surface area contributed by atoms with Crippen LogP contribution in [0, 0.1) is 11.3 Å². The molecule has 0 saturated heterocycles. The second-order valence-corrected chi connectivity index (χ2v) is 8.86. The van der Waals surface area contributed by atoms with Crippen LogP contribution in [0.4, 0.5) is 0 Å². The van der Waals surface area contributed by atoms with Gasteiger partial charge in [0.15, 0.2) is 0 Å². The van der Waals surface area contributed by atoms with Crippen molar-refractivity contribution < 1.29 is 14.7 Å². The van der Waals surface area contributed by atoms with Crippen molar-refractivity contribution in [3.8, 4) is 0 Å². The number of nitrogens with one attached hydrogen (secondary N) is 5. The maximum Gasteiger partial charge on any atom is 0.242 e. The minimum absolute atomic E-state index is 0.0171. The molecular formula is C26H34N6O3. The van der Waals surface area contributed by atoms with E-state index in [1.807, 2.05) is 44.3 Å². The van der Waals surface area contributed by atoms with E-state index in [0.29, 0.717) is 25.1 Å². The predicted molar refractivity (Wildman–Crippen MR) is 137 cm³/mol. The zero-order valence-corrected chi connectivity index (χ0v) is 20.1. The Balaban J connectivity index is 1.52. The van der Waals surface area contributed by atoms with Gasteiger partial charge in [0.05, 0.1) is 6.61 Å². The summed E-state index contributed by atoms with van der Waals surface area (Å²) in [4.78, 5) is 28.9. The number of aromatic nitrogens is 1. The van der Waals surface area contributed by atoms with Crippen molar-refractivity contribution in [2.75, 3.05) is 13.2 Å². The lowest BCUT2D eigenvalue weighted by Gasteiger charge is -2.24. The summed E-state index contributed by atoms with van der Waals surface area (Å²) < 4.78 is 0. The lowest BCUT2D eigenvalue weighted by atomic mass is 10.0. The normalized spacial score (nSPS) is 12.9. The molecule has 1 heterocycles. The number of aliphatic hydroxyl groups is 1. The molecule has 0 saturated carbocycles. The van der Waals surface area contributed by atoms with Gasteiger partial charge in [-0.3, -0.25) is 20.3 Å². The molecule has 2 atom stereocenters. The SMILES string of the molecule is CC(C)C(NC(=O)C(CO)NCc1ccc(C(=N)N)cc1)C(=O)NCCc1c[nH]c2ccccc12. The molecule has 9 heteroatoms. The lowest BCUT2D eigenvalue weighted by Crippen LogP contribution is -2.55. The molecule has 9 nitrogen and oxygen atoms in total. The fourth-order valence-corrected chi connectivity index (χ4v) is 3.84. The van der Waals surface area contributed by atoms with Gasteiger partial charge < -0.3 is 26.5 Å². The Kier molecular flexibility index (Phi) is 8.99. The van der Waals surface area contributed by atoms with Crippen LogP contribution < -0.4 is 21.7 Å². The van der Waals surface area contributed by atoms with Crippen LogP contribution in [0.5, 0.6) is 0 Å². The van der Waals surface area contributed by atoms with E-state index in [2.05, 4.69) is 20.9 Å². The first-order valence-electron chi connectivity index (χ1n) is 11.7. The van der Waals surface area contributed by atoms with Crippen LogP contribution in [0.15, 0.2) is 54.7 Å². The first-order chi connectivity index (χ1) is 16.8. The number of aliphatic hydroxyl groups excluding tert-OH is 1. The molecule has 35 heavy (non-hydrogen) atoms. The number of para-hydroxylation sites is 1. The molecule has 2 amide bonds. The van der Waals surface area contributed by atoms with Crippen LogP contribution in [0.2, 0.25) is 0 Å². The minimum Gasteiger partial charge on any atom is -0.394 e. The van der Waals surface area contributed by atoms with Gasteiger partial charge in [-0.15, -0.1) is 0 Å². The summed E-state index contributed by atoms with van der Waals surface area (Å²) >= 11 is 0. The third kappa shape index (κ3) is 6.91. The Morgan fingerprint density at radius 1 is 1.09 bits per heavy atom. The van der Waals surface area contributed by atoms with Gasteiger partial charge in [0, 0.05) is 35.8 Å². The highest BCUT2D eigenvalue weighted by Gasteiger charge is 2.27. The first kappa shape index (κ1) is 25.9. The Bertz CT molecular complexity index is 1160. The van der Waals surface area contributed by atoms with E-state index in [9.17, 15) is 14.7 Å². The molecule has 0 radical (unpaired) electrons. The van der Waals surface area contributed by atoms with E-state index in [4.69, 9.17) is 11.1 Å². The number of nitrogen functional groups attached to an aromatic ring is 1. The summed E-state index contributed by atoms with van der Waals surface area (Å²) in [5.41, 5.74) is 9.12. The molecule has 1 aromatic heterocycles. The standard InChI is InChI=1S/C26H34N6O3/c1-16(2)23(26(35)29-12-11-19-14-31-21-6-4-3-5-20(19)21)32-25(34)22(15-33)30-13-17-7-9-18(10-8-17)24(27)28/h3-10,14,16,22-23,30-31,33H,11-13,15H2,1-2H3,(H3,27,28)(H,29,35)(H,32,34). The minimum atomic E-state index is -0.872. The monoisotopic (exact) mass is 478 g/mol. The Labute approximate surface area is 205 Å². The van der Waals surface area contributed by atoms with Crippen molar-refractivity contribution >= 4 is 28.6 Å². The highest BCUT2D eigenvalue weighted by atomic mass is 16.3. The van der Waals surface area contributed by atoms with Crippen molar-refractivity contribution in [2.24, 2.45) is 11.7 Å². The number of nitrogens with two attached hydrogens (primary N) is 1. The number of H-pyrrole nitrogens is 1. The number of amides is 2. The smallest absolute Gasteiger partial charge is 0.242 e. The molecule has 2 aromatic carbocycles. The number of benzene rings is 2. The molecule has 0 spiro atoms. The van der Waals surface area contributed by atoms with Gasteiger partial charge in [0.25, 0.3) is 0 Å². The van der Waals surface area contributed by atoms with E-state index >= 15 is 0 Å². The zero-order valence-electron chi connectivity index (χ0n) is 20.1. The van der Waals surface area contributed by atoms with E-state index in [0.717, 1.165) is 22.0 Å². The Morgan fingerprint density at radius 3 is 2.46 bits per heavy atom. The first-order valence-corrected chi connectivity index (χ1v) is 11.7. The van der Waals surface area contributed by atoms with Gasteiger partial charge in [0.1, 0.15) is 17.9 Å². The van der Waals surface area contributed by atoms with Gasteiger partial charge in [-0.05, 0) is 29.5 Å². The lowest BCUT2D eigenvalue weighted by molar-refractivity contribution is -0.131. The second-order valence-electron chi connectivity index (χ2n) is 8.86. The highest BCUT2D eigenvalue weighted by Crippen LogP contribution is 2.17. The maximum atomic E-state index is 12.8. The summed E-state index contributed by atoms with van der Waals surface area (Å²) in [5.74, 6) is -0.856. The molecule has 0 aliphatic carbocycles. The van der Waals surface area contributed by atoms with Crippen LogP contribution in [0.3, 0.4) is 0 Å². The number of hydrogen-bond donors (Lipinski definition) is 7. The summed E-state index contributed by atoms with van der Waals surface area (Å²) in [6, 6.07) is 13.5. The second kappa shape index (κ2) is 12.1. The van der Waals surface area contributed by atoms with Crippen LogP contribution in [-0.4, -0.2) is 53.0 Å². The van der Waals surface area contributed by atoms with Crippen molar-refractivity contribution in [3.63, 3.8) is 0 Å². The zero-order chi connectivity index (χ0) is 25.4. The van der Waals surface area contributed by atoms with Crippen LogP contribution >= 0.6 is 0 Å². The molecular weight excluding hydrogens is 444 g/mol. The molecule has 0 aliphatic heterocycles. The number of hydrogen-bond acceptors (Lipinski definition) is 5. The summed E-state index contributed by atoms with van der Waals surface area (Å²) in [6.07, 6.45) is 2.61. The fraction of sp³-hybridized carbons (Fsp3) is 0.346. The summed E-state index contributed by atoms with van der Waals surface area (Å²) in [6.45, 7) is 4.09. The van der Waals surface area contributed by atoms with Crippen LogP contribution in [-0.2, 0) is 22.6 Å². The van der Waals surface area contributed by atoms with Gasteiger partial charge in [-0.25, -0.2) is 0 Å². The quantitative estimate of drug-likeness (QED) is 0.155. The number of carbonyl (C=O) groups is 2. The predicted octanol–water partition coefficient (Wildman–Crippen LogP) is 1.40. The highest BCUT2D eigenvalue weighted by molar-refractivity contribution is 5.95. The molecule has 2 unspecified atom stereocenters. The van der Waals surface area contributed by atoms with E-state index < -0.39 is 24.6 Å². The molecule has 0 bridgehead atoms. The van der Waals surface area contributed by atoms with Crippen molar-refractivity contribution in [2.45, 2.75) is 38.9 Å². The molecule has 3 rings (SSSR count). The summed E-state index contributed by atoms with van der Waals surface area (Å²) in [7, 11) is 0. The summed E-state index contributed by atoms with van der Waals surface area (Å²) in [5, 5.41) is 27.0. The molecule has 186 valence electrons. The number of aromatic amines is 1. The Hall–Kier alpha value is -3.69. The van der Waals surface area contributed by atoms with Crippen molar-refractivity contribution in [1.82, 2.24) is 20.9 Å². The third-order valence-corrected chi connectivity index (χ3v) is 5.93. The fourth-order valence-electron chi connectivity index (χ4n) is 3.84.